The Morgan fingerprint density at radius 1 is 0.882 bits per heavy atom. The Morgan fingerprint density at radius 3 is 1.59 bits per heavy atom. The van der Waals surface area contributed by atoms with E-state index in [0.717, 1.165) is 5.69 Å². The van der Waals surface area contributed by atoms with Crippen LogP contribution in [0.25, 0.3) is 0 Å². The van der Waals surface area contributed by atoms with Crippen LogP contribution in [-0.4, -0.2) is 6.21 Å². The van der Waals surface area contributed by atoms with Crippen molar-refractivity contribution in [2.75, 3.05) is 0 Å². The van der Waals surface area contributed by atoms with Crippen LogP contribution < -0.4 is 0 Å². The van der Waals surface area contributed by atoms with E-state index in [0.29, 0.717) is 0 Å². The van der Waals surface area contributed by atoms with Crippen molar-refractivity contribution in [3.8, 4) is 0 Å². The zero-order valence-electron chi connectivity index (χ0n) is 12.3. The number of aliphatic imine (C=N–C) groups is 1. The molecule has 1 heteroatoms. The molecule has 1 aromatic rings. The van der Waals surface area contributed by atoms with E-state index in [2.05, 4.69) is 64.7 Å². The lowest BCUT2D eigenvalue weighted by molar-refractivity contribution is 0.571. The zero-order chi connectivity index (χ0) is 13.3. The van der Waals surface area contributed by atoms with Gasteiger partial charge in [-0.2, -0.15) is 0 Å². The van der Waals surface area contributed by atoms with Gasteiger partial charge in [0.1, 0.15) is 0 Å². The summed E-state index contributed by atoms with van der Waals surface area (Å²) in [7, 11) is 0. The van der Waals surface area contributed by atoms with Gasteiger partial charge in [0.25, 0.3) is 0 Å². The van der Waals surface area contributed by atoms with Gasteiger partial charge >= 0.3 is 0 Å². The van der Waals surface area contributed by atoms with Gasteiger partial charge in [0, 0.05) is 6.21 Å². The van der Waals surface area contributed by atoms with E-state index < -0.39 is 0 Å². The van der Waals surface area contributed by atoms with Crippen molar-refractivity contribution < 1.29 is 0 Å². The average Bonchev–Trinajstić information content (AvgIpc) is 2.15. The van der Waals surface area contributed by atoms with Crippen molar-refractivity contribution in [1.82, 2.24) is 0 Å². The Labute approximate surface area is 106 Å². The third kappa shape index (κ3) is 3.18. The van der Waals surface area contributed by atoms with Gasteiger partial charge in [-0.05, 0) is 28.9 Å². The molecule has 0 atom stereocenters. The van der Waals surface area contributed by atoms with Gasteiger partial charge in [0.05, 0.1) is 5.69 Å². The van der Waals surface area contributed by atoms with Crippen molar-refractivity contribution in [1.29, 1.82) is 0 Å². The highest BCUT2D eigenvalue weighted by Crippen LogP contribution is 2.39. The van der Waals surface area contributed by atoms with Crippen LogP contribution in [0.4, 0.5) is 5.69 Å². The lowest BCUT2D eigenvalue weighted by Crippen LogP contribution is -2.16. The summed E-state index contributed by atoms with van der Waals surface area (Å²) in [6.45, 7) is 15.4. The molecule has 0 aliphatic carbocycles. The fourth-order valence-electron chi connectivity index (χ4n) is 2.02. The number of hydrogen-bond donors (Lipinski definition) is 0. The molecular weight excluding hydrogens is 206 g/mol. The number of benzene rings is 1. The minimum atomic E-state index is 0.128. The maximum absolute atomic E-state index is 4.61. The molecule has 0 aliphatic heterocycles. The number of para-hydroxylation sites is 1. The lowest BCUT2D eigenvalue weighted by atomic mass is 9.79. The zero-order valence-corrected chi connectivity index (χ0v) is 12.3. The monoisotopic (exact) mass is 231 g/mol. The van der Waals surface area contributed by atoms with Gasteiger partial charge in [-0.15, -0.1) is 0 Å². The number of hydrogen-bond acceptors (Lipinski definition) is 1. The third-order valence-electron chi connectivity index (χ3n) is 2.91. The summed E-state index contributed by atoms with van der Waals surface area (Å²) in [6, 6.07) is 6.53. The highest BCUT2D eigenvalue weighted by Gasteiger charge is 2.24. The Morgan fingerprint density at radius 2 is 1.29 bits per heavy atom. The molecule has 0 aromatic heterocycles. The van der Waals surface area contributed by atoms with E-state index >= 15 is 0 Å². The van der Waals surface area contributed by atoms with Crippen LogP contribution in [0.15, 0.2) is 23.2 Å². The highest BCUT2D eigenvalue weighted by molar-refractivity contribution is 5.67. The fraction of sp³-hybridized carbons (Fsp3) is 0.562. The molecule has 0 unspecified atom stereocenters. The minimum Gasteiger partial charge on any atom is -0.261 e. The summed E-state index contributed by atoms with van der Waals surface area (Å²) in [6.07, 6.45) is 1.89. The van der Waals surface area contributed by atoms with Crippen molar-refractivity contribution in [2.45, 2.75) is 59.3 Å². The Kier molecular flexibility index (Phi) is 3.81. The molecule has 0 spiro atoms. The fourth-order valence-corrected chi connectivity index (χ4v) is 2.02. The Balaban J connectivity index is 3.54. The lowest BCUT2D eigenvalue weighted by Gasteiger charge is -2.27. The topological polar surface area (TPSA) is 12.4 Å². The summed E-state index contributed by atoms with van der Waals surface area (Å²) in [4.78, 5) is 4.61. The van der Waals surface area contributed by atoms with Crippen LogP contribution in [0.2, 0.25) is 0 Å². The molecule has 0 fully saturated rings. The number of nitrogens with zero attached hydrogens (tertiary/aromatic N) is 1. The second kappa shape index (κ2) is 4.64. The van der Waals surface area contributed by atoms with Gasteiger partial charge < -0.3 is 0 Å². The largest absolute Gasteiger partial charge is 0.261 e. The number of rotatable bonds is 1. The van der Waals surface area contributed by atoms with Crippen molar-refractivity contribution >= 4 is 11.9 Å². The SMILES string of the molecule is C/C=N/c1c(C(C)(C)C)cccc1C(C)(C)C. The van der Waals surface area contributed by atoms with E-state index in [9.17, 15) is 0 Å². The maximum Gasteiger partial charge on any atom is 0.0700 e. The molecule has 0 heterocycles. The summed E-state index contributed by atoms with van der Waals surface area (Å²) < 4.78 is 0. The summed E-state index contributed by atoms with van der Waals surface area (Å²) in [5.74, 6) is 0. The quantitative estimate of drug-likeness (QED) is 0.603. The molecule has 1 nitrogen and oxygen atoms in total. The summed E-state index contributed by atoms with van der Waals surface area (Å²) in [5, 5.41) is 0. The molecule has 0 N–H and O–H groups in total. The van der Waals surface area contributed by atoms with Crippen molar-refractivity contribution in [2.24, 2.45) is 4.99 Å². The molecule has 1 rings (SSSR count). The van der Waals surface area contributed by atoms with Crippen LogP contribution in [0.5, 0.6) is 0 Å². The van der Waals surface area contributed by atoms with Gasteiger partial charge in [-0.25, -0.2) is 0 Å². The van der Waals surface area contributed by atoms with Crippen LogP contribution >= 0.6 is 0 Å². The molecule has 0 amide bonds. The maximum atomic E-state index is 4.61. The molecule has 0 saturated carbocycles. The first-order valence-corrected chi connectivity index (χ1v) is 6.30. The summed E-state index contributed by atoms with van der Waals surface area (Å²) >= 11 is 0. The molecule has 1 aromatic carbocycles. The first-order chi connectivity index (χ1) is 7.68. The van der Waals surface area contributed by atoms with E-state index in [-0.39, 0.29) is 10.8 Å². The Bertz CT molecular complexity index is 382. The van der Waals surface area contributed by atoms with E-state index in [1.807, 2.05) is 13.1 Å². The highest BCUT2D eigenvalue weighted by atomic mass is 14.7. The van der Waals surface area contributed by atoms with Crippen LogP contribution in [0, 0.1) is 0 Å². The van der Waals surface area contributed by atoms with E-state index in [1.165, 1.54) is 11.1 Å². The summed E-state index contributed by atoms with van der Waals surface area (Å²) in [5.41, 5.74) is 4.05. The molecule has 0 aliphatic rings. The van der Waals surface area contributed by atoms with Crippen LogP contribution in [0.1, 0.15) is 59.6 Å². The average molecular weight is 231 g/mol. The predicted octanol–water partition coefficient (Wildman–Crippen LogP) is 5.00. The molecule has 0 radical (unpaired) electrons. The van der Waals surface area contributed by atoms with Gasteiger partial charge in [0.15, 0.2) is 0 Å². The van der Waals surface area contributed by atoms with Crippen molar-refractivity contribution in [3.05, 3.63) is 29.3 Å². The third-order valence-corrected chi connectivity index (χ3v) is 2.91. The minimum absolute atomic E-state index is 0.128. The molecule has 0 bridgehead atoms. The van der Waals surface area contributed by atoms with Crippen LogP contribution in [-0.2, 0) is 10.8 Å². The smallest absolute Gasteiger partial charge is 0.0700 e. The van der Waals surface area contributed by atoms with Crippen LogP contribution in [0.3, 0.4) is 0 Å². The molecule has 17 heavy (non-hydrogen) atoms. The van der Waals surface area contributed by atoms with Gasteiger partial charge in [-0.3, -0.25) is 4.99 Å². The predicted molar refractivity (Wildman–Crippen MR) is 77.7 cm³/mol. The normalized spacial score (nSPS) is 13.4. The Hall–Kier alpha value is -1.11. The van der Waals surface area contributed by atoms with Gasteiger partial charge in [-0.1, -0.05) is 59.7 Å². The van der Waals surface area contributed by atoms with E-state index in [4.69, 9.17) is 0 Å². The van der Waals surface area contributed by atoms with Gasteiger partial charge in [0.2, 0.25) is 0 Å². The first-order valence-electron chi connectivity index (χ1n) is 6.30. The van der Waals surface area contributed by atoms with Crippen molar-refractivity contribution in [3.63, 3.8) is 0 Å². The molecule has 0 saturated heterocycles. The molecule has 94 valence electrons. The second-order valence-electron chi connectivity index (χ2n) is 6.59. The standard InChI is InChI=1S/C16H25N/c1-8-17-14-12(15(2,3)4)10-9-11-13(14)16(5,6)7/h8-11H,1-7H3/b17-8+. The second-order valence-corrected chi connectivity index (χ2v) is 6.59. The molecular formula is C16H25N. The van der Waals surface area contributed by atoms with E-state index in [1.54, 1.807) is 0 Å². The first kappa shape index (κ1) is 14.0.